The van der Waals surface area contributed by atoms with Gasteiger partial charge in [-0.15, -0.1) is 0 Å². The van der Waals surface area contributed by atoms with Crippen molar-refractivity contribution in [2.75, 3.05) is 19.0 Å². The van der Waals surface area contributed by atoms with E-state index in [4.69, 9.17) is 9.47 Å². The molecule has 2 aromatic heterocycles. The van der Waals surface area contributed by atoms with Gasteiger partial charge in [0.15, 0.2) is 5.69 Å². The molecule has 1 aliphatic carbocycles. The lowest BCUT2D eigenvalue weighted by atomic mass is 10.1. The van der Waals surface area contributed by atoms with E-state index in [0.29, 0.717) is 24.2 Å². The van der Waals surface area contributed by atoms with Gasteiger partial charge in [0.25, 0.3) is 0 Å². The molecule has 8 heteroatoms. The van der Waals surface area contributed by atoms with E-state index in [1.807, 2.05) is 25.1 Å². The average Bonchev–Trinajstić information content (AvgIpc) is 3.49. The first-order valence-corrected chi connectivity index (χ1v) is 9.60. The molecule has 1 aromatic carbocycles. The molecule has 0 radical (unpaired) electrons. The molecule has 0 saturated heterocycles. The van der Waals surface area contributed by atoms with Gasteiger partial charge in [-0.1, -0.05) is 0 Å². The second kappa shape index (κ2) is 7.90. The zero-order valence-corrected chi connectivity index (χ0v) is 16.7. The summed E-state index contributed by atoms with van der Waals surface area (Å²) in [7, 11) is 1.61. The first-order chi connectivity index (χ1) is 14.1. The first-order valence-electron chi connectivity index (χ1n) is 9.60. The number of nitrogens with zero attached hydrogens (tertiary/aromatic N) is 3. The SMILES string of the molecule is CCOC(=O)c1cc(C2CC2)nc(Nc2ccc(-c3ncc(C)[nH]3)c(OC)c2)n1. The molecular weight excluding hydrogens is 370 g/mol. The zero-order valence-electron chi connectivity index (χ0n) is 16.7. The maximum Gasteiger partial charge on any atom is 0.357 e. The zero-order chi connectivity index (χ0) is 20.4. The molecule has 1 saturated carbocycles. The number of hydrogen-bond donors (Lipinski definition) is 2. The Labute approximate surface area is 168 Å². The molecule has 4 rings (SSSR count). The van der Waals surface area contributed by atoms with Gasteiger partial charge in [-0.2, -0.15) is 0 Å². The number of benzene rings is 1. The fraction of sp³-hybridized carbons (Fsp3) is 0.333. The van der Waals surface area contributed by atoms with Crippen LogP contribution in [0.3, 0.4) is 0 Å². The highest BCUT2D eigenvalue weighted by atomic mass is 16.5. The second-order valence-corrected chi connectivity index (χ2v) is 6.95. The number of rotatable bonds is 7. The number of hydrogen-bond acceptors (Lipinski definition) is 7. The Balaban J connectivity index is 1.64. The maximum absolute atomic E-state index is 12.2. The molecule has 0 atom stereocenters. The van der Waals surface area contributed by atoms with E-state index in [-0.39, 0.29) is 5.69 Å². The molecule has 2 N–H and O–H groups in total. The molecule has 0 amide bonds. The van der Waals surface area contributed by atoms with E-state index in [2.05, 4.69) is 25.3 Å². The molecular formula is C21H23N5O3. The summed E-state index contributed by atoms with van der Waals surface area (Å²) in [6, 6.07) is 7.39. The minimum absolute atomic E-state index is 0.265. The van der Waals surface area contributed by atoms with Crippen LogP contribution in [0.25, 0.3) is 11.4 Å². The first kappa shape index (κ1) is 18.9. The quantitative estimate of drug-likeness (QED) is 0.585. The summed E-state index contributed by atoms with van der Waals surface area (Å²) in [5.41, 5.74) is 3.70. The number of H-pyrrole nitrogens is 1. The van der Waals surface area contributed by atoms with Crippen LogP contribution in [0, 0.1) is 6.92 Å². The number of carbonyl (C=O) groups is 1. The van der Waals surface area contributed by atoms with Gasteiger partial charge in [0.05, 0.1) is 19.3 Å². The number of carbonyl (C=O) groups excluding carboxylic acids is 1. The number of esters is 1. The maximum atomic E-state index is 12.2. The van der Waals surface area contributed by atoms with Crippen molar-refractivity contribution in [1.82, 2.24) is 19.9 Å². The molecule has 2 heterocycles. The number of imidazole rings is 1. The highest BCUT2D eigenvalue weighted by molar-refractivity contribution is 5.87. The Hall–Kier alpha value is -3.42. The molecule has 8 nitrogen and oxygen atoms in total. The number of methoxy groups -OCH3 is 1. The molecule has 0 unspecified atom stereocenters. The van der Waals surface area contributed by atoms with Gasteiger partial charge < -0.3 is 19.8 Å². The summed E-state index contributed by atoms with van der Waals surface area (Å²) in [4.78, 5) is 28.7. The number of ether oxygens (including phenoxy) is 2. The lowest BCUT2D eigenvalue weighted by Gasteiger charge is -2.12. The topological polar surface area (TPSA) is 102 Å². The largest absolute Gasteiger partial charge is 0.496 e. The highest BCUT2D eigenvalue weighted by Gasteiger charge is 2.27. The third-order valence-electron chi connectivity index (χ3n) is 4.64. The molecule has 0 aliphatic heterocycles. The van der Waals surface area contributed by atoms with Crippen molar-refractivity contribution >= 4 is 17.6 Å². The van der Waals surface area contributed by atoms with Crippen LogP contribution < -0.4 is 10.1 Å². The Morgan fingerprint density at radius 3 is 2.76 bits per heavy atom. The number of aromatic nitrogens is 4. The van der Waals surface area contributed by atoms with Crippen molar-refractivity contribution in [3.05, 3.63) is 47.5 Å². The monoisotopic (exact) mass is 393 g/mol. The van der Waals surface area contributed by atoms with Gasteiger partial charge in [0, 0.05) is 35.3 Å². The van der Waals surface area contributed by atoms with Crippen LogP contribution in [0.5, 0.6) is 5.75 Å². The summed E-state index contributed by atoms with van der Waals surface area (Å²) in [6.07, 6.45) is 3.92. The van der Waals surface area contributed by atoms with Crippen molar-refractivity contribution in [2.45, 2.75) is 32.6 Å². The van der Waals surface area contributed by atoms with Crippen LogP contribution in [-0.2, 0) is 4.74 Å². The second-order valence-electron chi connectivity index (χ2n) is 6.95. The van der Waals surface area contributed by atoms with Crippen LogP contribution >= 0.6 is 0 Å². The lowest BCUT2D eigenvalue weighted by molar-refractivity contribution is 0.0519. The van der Waals surface area contributed by atoms with Gasteiger partial charge in [-0.3, -0.25) is 0 Å². The Morgan fingerprint density at radius 1 is 1.28 bits per heavy atom. The lowest BCUT2D eigenvalue weighted by Crippen LogP contribution is -2.11. The van der Waals surface area contributed by atoms with E-state index in [1.54, 1.807) is 26.3 Å². The van der Waals surface area contributed by atoms with Crippen molar-refractivity contribution in [3.63, 3.8) is 0 Å². The molecule has 1 fully saturated rings. The Morgan fingerprint density at radius 2 is 2.10 bits per heavy atom. The Kier molecular flexibility index (Phi) is 5.16. The van der Waals surface area contributed by atoms with Gasteiger partial charge in [-0.05, 0) is 44.9 Å². The van der Waals surface area contributed by atoms with Crippen LogP contribution in [0.4, 0.5) is 11.6 Å². The number of nitrogens with one attached hydrogen (secondary N) is 2. The molecule has 1 aliphatic rings. The van der Waals surface area contributed by atoms with Gasteiger partial charge >= 0.3 is 5.97 Å². The highest BCUT2D eigenvalue weighted by Crippen LogP contribution is 2.39. The molecule has 0 bridgehead atoms. The summed E-state index contributed by atoms with van der Waals surface area (Å²) in [6.45, 7) is 4.02. The minimum atomic E-state index is -0.444. The average molecular weight is 393 g/mol. The molecule has 29 heavy (non-hydrogen) atoms. The van der Waals surface area contributed by atoms with Gasteiger partial charge in [-0.25, -0.2) is 19.7 Å². The van der Waals surface area contributed by atoms with E-state index in [9.17, 15) is 4.79 Å². The predicted octanol–water partition coefficient (Wildman–Crippen LogP) is 3.98. The molecule has 3 aromatic rings. The van der Waals surface area contributed by atoms with Crippen molar-refractivity contribution in [1.29, 1.82) is 0 Å². The van der Waals surface area contributed by atoms with Crippen molar-refractivity contribution in [3.8, 4) is 17.1 Å². The van der Waals surface area contributed by atoms with Crippen molar-refractivity contribution < 1.29 is 14.3 Å². The minimum Gasteiger partial charge on any atom is -0.496 e. The van der Waals surface area contributed by atoms with Gasteiger partial charge in [0.2, 0.25) is 5.95 Å². The predicted molar refractivity (Wildman–Crippen MR) is 109 cm³/mol. The smallest absolute Gasteiger partial charge is 0.357 e. The standard InChI is InChI=1S/C21H23N5O3/c1-4-29-20(27)17-10-16(13-5-6-13)25-21(26-17)24-14-7-8-15(18(9-14)28-3)19-22-11-12(2)23-19/h7-11,13H,4-6H2,1-3H3,(H,22,23)(H,24,25,26). The van der Waals surface area contributed by atoms with Crippen LogP contribution in [-0.4, -0.2) is 39.6 Å². The van der Waals surface area contributed by atoms with E-state index in [0.717, 1.165) is 41.3 Å². The van der Waals surface area contributed by atoms with Crippen molar-refractivity contribution in [2.24, 2.45) is 0 Å². The summed E-state index contributed by atoms with van der Waals surface area (Å²) in [5, 5.41) is 3.18. The van der Waals surface area contributed by atoms with E-state index < -0.39 is 5.97 Å². The third kappa shape index (κ3) is 4.21. The number of aryl methyl sites for hydroxylation is 1. The van der Waals surface area contributed by atoms with E-state index >= 15 is 0 Å². The summed E-state index contributed by atoms with van der Waals surface area (Å²) >= 11 is 0. The van der Waals surface area contributed by atoms with Crippen LogP contribution in [0.15, 0.2) is 30.5 Å². The van der Waals surface area contributed by atoms with E-state index in [1.165, 1.54) is 0 Å². The number of anilines is 2. The summed E-state index contributed by atoms with van der Waals surface area (Å²) in [5.74, 6) is 1.70. The normalized spacial score (nSPS) is 13.2. The fourth-order valence-corrected chi connectivity index (χ4v) is 3.06. The fourth-order valence-electron chi connectivity index (χ4n) is 3.06. The van der Waals surface area contributed by atoms with Crippen LogP contribution in [0.1, 0.15) is 47.6 Å². The van der Waals surface area contributed by atoms with Gasteiger partial charge in [0.1, 0.15) is 11.6 Å². The molecule has 0 spiro atoms. The van der Waals surface area contributed by atoms with Crippen LogP contribution in [0.2, 0.25) is 0 Å². The molecule has 150 valence electrons. The third-order valence-corrected chi connectivity index (χ3v) is 4.64. The summed E-state index contributed by atoms with van der Waals surface area (Å²) < 4.78 is 10.6. The Bertz CT molecular complexity index is 1040. The number of aromatic amines is 1.